The highest BCUT2D eigenvalue weighted by atomic mass is 32.1. The van der Waals surface area contributed by atoms with Crippen LogP contribution in [0.1, 0.15) is 4.88 Å². The molecule has 25 heavy (non-hydrogen) atoms. The number of piperazine rings is 1. The van der Waals surface area contributed by atoms with Gasteiger partial charge in [0, 0.05) is 49.9 Å². The second-order valence-corrected chi connectivity index (χ2v) is 7.33. The summed E-state index contributed by atoms with van der Waals surface area (Å²) in [7, 11) is 3.57. The zero-order chi connectivity index (χ0) is 17.6. The van der Waals surface area contributed by atoms with E-state index in [9.17, 15) is 4.79 Å². The molecule has 0 spiro atoms. The van der Waals surface area contributed by atoms with Gasteiger partial charge in [0.2, 0.25) is 5.91 Å². The number of carbonyl (C=O) groups is 1. The molecule has 1 aromatic heterocycles. The molecule has 2 aromatic rings. The number of thiophene rings is 1. The van der Waals surface area contributed by atoms with Gasteiger partial charge in [-0.25, -0.2) is 0 Å². The molecule has 0 radical (unpaired) electrons. The Balaban J connectivity index is 1.47. The average Bonchev–Trinajstić information content (AvgIpc) is 3.15. The number of nitrogens with zero attached hydrogens (tertiary/aromatic N) is 3. The smallest absolute Gasteiger partial charge is 0.236 e. The molecule has 1 aromatic carbocycles. The molecular weight excluding hydrogens is 334 g/mol. The number of rotatable bonds is 6. The third-order valence-electron chi connectivity index (χ3n) is 4.55. The first-order valence-electron chi connectivity index (χ1n) is 8.53. The van der Waals surface area contributed by atoms with E-state index in [-0.39, 0.29) is 5.91 Å². The van der Waals surface area contributed by atoms with Crippen molar-refractivity contribution in [3.05, 3.63) is 46.7 Å². The number of likely N-dealkylation sites (N-methyl/N-ethyl adjacent to an activating group) is 1. The van der Waals surface area contributed by atoms with Crippen LogP contribution >= 0.6 is 11.3 Å². The Bertz CT molecular complexity index is 682. The van der Waals surface area contributed by atoms with Gasteiger partial charge in [-0.1, -0.05) is 12.1 Å². The van der Waals surface area contributed by atoms with Crippen LogP contribution in [0.2, 0.25) is 0 Å². The van der Waals surface area contributed by atoms with E-state index < -0.39 is 0 Å². The average molecular weight is 359 g/mol. The maximum Gasteiger partial charge on any atom is 0.236 e. The van der Waals surface area contributed by atoms with Gasteiger partial charge in [0.1, 0.15) is 5.75 Å². The summed E-state index contributed by atoms with van der Waals surface area (Å²) in [5.41, 5.74) is 1.18. The maximum absolute atomic E-state index is 12.4. The van der Waals surface area contributed by atoms with E-state index in [0.717, 1.165) is 31.9 Å². The zero-order valence-electron chi connectivity index (χ0n) is 14.9. The van der Waals surface area contributed by atoms with Gasteiger partial charge >= 0.3 is 0 Å². The van der Waals surface area contributed by atoms with Crippen LogP contribution in [0, 0.1) is 0 Å². The first-order valence-corrected chi connectivity index (χ1v) is 9.41. The summed E-state index contributed by atoms with van der Waals surface area (Å²) in [5.74, 6) is 1.06. The summed E-state index contributed by atoms with van der Waals surface area (Å²) in [6.45, 7) is 4.84. The van der Waals surface area contributed by atoms with Crippen molar-refractivity contribution < 1.29 is 9.53 Å². The lowest BCUT2D eigenvalue weighted by molar-refractivity contribution is -0.131. The zero-order valence-corrected chi connectivity index (χ0v) is 15.7. The summed E-state index contributed by atoms with van der Waals surface area (Å²) < 4.78 is 5.30. The fraction of sp³-hybridized carbons (Fsp3) is 0.421. The van der Waals surface area contributed by atoms with Crippen molar-refractivity contribution in [3.63, 3.8) is 0 Å². The minimum Gasteiger partial charge on any atom is -0.497 e. The molecule has 0 N–H and O–H groups in total. The Morgan fingerprint density at radius 2 is 2.00 bits per heavy atom. The van der Waals surface area contributed by atoms with E-state index >= 15 is 0 Å². The van der Waals surface area contributed by atoms with Crippen molar-refractivity contribution in [2.45, 2.75) is 6.54 Å². The fourth-order valence-electron chi connectivity index (χ4n) is 3.01. The molecule has 1 amide bonds. The summed E-state index contributed by atoms with van der Waals surface area (Å²) in [4.78, 5) is 20.1. The fourth-order valence-corrected chi connectivity index (χ4v) is 3.77. The largest absolute Gasteiger partial charge is 0.497 e. The number of hydrogen-bond acceptors (Lipinski definition) is 5. The first-order chi connectivity index (χ1) is 12.2. The Morgan fingerprint density at radius 3 is 2.68 bits per heavy atom. The van der Waals surface area contributed by atoms with Crippen molar-refractivity contribution >= 4 is 22.9 Å². The van der Waals surface area contributed by atoms with E-state index in [1.54, 1.807) is 18.4 Å². The standard InChI is InChI=1S/C19H25N3O2S/c1-20(14-18-7-4-12-25-18)19(23)15-21-8-10-22(11-9-21)16-5-3-6-17(13-16)24-2/h3-7,12-13H,8-11,14-15H2,1-2H3. The van der Waals surface area contributed by atoms with Crippen LogP contribution in [0.25, 0.3) is 0 Å². The van der Waals surface area contributed by atoms with Crippen molar-refractivity contribution in [1.82, 2.24) is 9.80 Å². The number of amides is 1. The third-order valence-corrected chi connectivity index (χ3v) is 5.41. The molecule has 3 rings (SSSR count). The minimum atomic E-state index is 0.184. The van der Waals surface area contributed by atoms with Crippen LogP contribution in [0.3, 0.4) is 0 Å². The highest BCUT2D eigenvalue weighted by Crippen LogP contribution is 2.22. The third kappa shape index (κ3) is 4.74. The predicted molar refractivity (Wildman–Crippen MR) is 102 cm³/mol. The SMILES string of the molecule is COc1cccc(N2CCN(CC(=O)N(C)Cc3cccs3)CC2)c1. The minimum absolute atomic E-state index is 0.184. The van der Waals surface area contributed by atoms with Crippen molar-refractivity contribution in [1.29, 1.82) is 0 Å². The molecule has 0 aliphatic carbocycles. The Hall–Kier alpha value is -2.05. The normalized spacial score (nSPS) is 15.2. The predicted octanol–water partition coefficient (Wildman–Crippen LogP) is 2.54. The second-order valence-electron chi connectivity index (χ2n) is 6.29. The van der Waals surface area contributed by atoms with Crippen LogP contribution in [0.4, 0.5) is 5.69 Å². The molecule has 0 unspecified atom stereocenters. The van der Waals surface area contributed by atoms with E-state index in [0.29, 0.717) is 13.1 Å². The van der Waals surface area contributed by atoms with E-state index in [1.807, 2.05) is 35.5 Å². The summed E-state index contributed by atoms with van der Waals surface area (Å²) in [6.07, 6.45) is 0. The maximum atomic E-state index is 12.4. The highest BCUT2D eigenvalue weighted by molar-refractivity contribution is 7.09. The van der Waals surface area contributed by atoms with Gasteiger partial charge in [-0.2, -0.15) is 0 Å². The van der Waals surface area contributed by atoms with E-state index in [1.165, 1.54) is 10.6 Å². The Morgan fingerprint density at radius 1 is 1.20 bits per heavy atom. The number of carbonyl (C=O) groups excluding carboxylic acids is 1. The number of hydrogen-bond donors (Lipinski definition) is 0. The monoisotopic (exact) mass is 359 g/mol. The van der Waals surface area contributed by atoms with Crippen LogP contribution in [-0.4, -0.2) is 62.6 Å². The van der Waals surface area contributed by atoms with E-state index in [4.69, 9.17) is 4.74 Å². The summed E-state index contributed by atoms with van der Waals surface area (Å²) in [5, 5.41) is 2.05. The molecule has 1 fully saturated rings. The Kier molecular flexibility index (Phi) is 5.94. The van der Waals surface area contributed by atoms with Crippen LogP contribution in [0.15, 0.2) is 41.8 Å². The molecule has 134 valence electrons. The molecule has 1 aliphatic heterocycles. The van der Waals surface area contributed by atoms with Crippen LogP contribution in [0.5, 0.6) is 5.75 Å². The molecule has 2 heterocycles. The Labute approximate surface area is 153 Å². The van der Waals surface area contributed by atoms with Crippen LogP contribution < -0.4 is 9.64 Å². The second kappa shape index (κ2) is 8.36. The highest BCUT2D eigenvalue weighted by Gasteiger charge is 2.21. The van der Waals surface area contributed by atoms with Gasteiger partial charge in [0.05, 0.1) is 20.2 Å². The lowest BCUT2D eigenvalue weighted by Crippen LogP contribution is -2.49. The van der Waals surface area contributed by atoms with Gasteiger partial charge in [-0.3, -0.25) is 9.69 Å². The summed E-state index contributed by atoms with van der Waals surface area (Å²) >= 11 is 1.69. The molecule has 0 saturated carbocycles. The van der Waals surface area contributed by atoms with E-state index in [2.05, 4.69) is 28.0 Å². The quantitative estimate of drug-likeness (QED) is 0.794. The number of anilines is 1. The summed E-state index contributed by atoms with van der Waals surface area (Å²) in [6, 6.07) is 12.2. The van der Waals surface area contributed by atoms with Crippen LogP contribution in [-0.2, 0) is 11.3 Å². The number of benzene rings is 1. The lowest BCUT2D eigenvalue weighted by Gasteiger charge is -2.36. The molecular formula is C19H25N3O2S. The molecule has 1 aliphatic rings. The van der Waals surface area contributed by atoms with Crippen molar-refractivity contribution in [2.75, 3.05) is 51.8 Å². The topological polar surface area (TPSA) is 36.0 Å². The van der Waals surface area contributed by atoms with Gasteiger partial charge in [-0.05, 0) is 23.6 Å². The van der Waals surface area contributed by atoms with Gasteiger partial charge < -0.3 is 14.5 Å². The van der Waals surface area contributed by atoms with Gasteiger partial charge in [0.25, 0.3) is 0 Å². The molecule has 1 saturated heterocycles. The first kappa shape index (κ1) is 17.8. The van der Waals surface area contributed by atoms with Gasteiger partial charge in [0.15, 0.2) is 0 Å². The van der Waals surface area contributed by atoms with Crippen molar-refractivity contribution in [3.8, 4) is 5.75 Å². The molecule has 6 heteroatoms. The van der Waals surface area contributed by atoms with Crippen molar-refractivity contribution in [2.24, 2.45) is 0 Å². The molecule has 5 nitrogen and oxygen atoms in total. The van der Waals surface area contributed by atoms with Gasteiger partial charge in [-0.15, -0.1) is 11.3 Å². The number of methoxy groups -OCH3 is 1. The lowest BCUT2D eigenvalue weighted by atomic mass is 10.2. The number of ether oxygens (including phenoxy) is 1. The molecule has 0 bridgehead atoms. The molecule has 0 atom stereocenters.